The minimum Gasteiger partial charge on any atom is -0.453 e. The number of rotatable bonds is 1. The zero-order valence-electron chi connectivity index (χ0n) is 8.86. The number of aliphatic hydroxyl groups excluding tert-OH is 1. The fourth-order valence-electron chi connectivity index (χ4n) is 1.67. The van der Waals surface area contributed by atoms with Crippen LogP contribution in [0.25, 0.3) is 0 Å². The summed E-state index contributed by atoms with van der Waals surface area (Å²) in [4.78, 5) is 12.9. The van der Waals surface area contributed by atoms with Gasteiger partial charge in [0.05, 0.1) is 19.3 Å². The molecule has 14 heavy (non-hydrogen) atoms. The van der Waals surface area contributed by atoms with Crippen LogP contribution in [0, 0.1) is 0 Å². The minimum absolute atomic E-state index is 0.229. The number of aliphatic hydroxyl groups is 1. The van der Waals surface area contributed by atoms with Gasteiger partial charge in [-0.15, -0.1) is 0 Å². The second-order valence-electron chi connectivity index (χ2n) is 3.75. The topological polar surface area (TPSA) is 49.8 Å². The van der Waals surface area contributed by atoms with Gasteiger partial charge in [-0.2, -0.15) is 0 Å². The lowest BCUT2D eigenvalue weighted by Gasteiger charge is -2.22. The van der Waals surface area contributed by atoms with Crippen molar-refractivity contribution in [2.24, 2.45) is 0 Å². The van der Waals surface area contributed by atoms with Gasteiger partial charge in [0.25, 0.3) is 0 Å². The second-order valence-corrected chi connectivity index (χ2v) is 3.75. The summed E-state index contributed by atoms with van der Waals surface area (Å²) < 4.78 is 4.64. The molecule has 1 saturated heterocycles. The van der Waals surface area contributed by atoms with E-state index < -0.39 is 6.10 Å². The SMILES string of the molecule is COC(=O)N1CCC(O)C1C=C(C)C. The number of carbonyl (C=O) groups excluding carboxylic acids is 1. The van der Waals surface area contributed by atoms with Crippen molar-refractivity contribution in [2.75, 3.05) is 13.7 Å². The molecule has 1 aliphatic rings. The monoisotopic (exact) mass is 199 g/mol. The summed E-state index contributed by atoms with van der Waals surface area (Å²) in [6, 6.07) is -0.229. The van der Waals surface area contributed by atoms with E-state index in [0.717, 1.165) is 5.57 Å². The van der Waals surface area contributed by atoms with Gasteiger partial charge in [-0.1, -0.05) is 11.6 Å². The molecule has 0 radical (unpaired) electrons. The van der Waals surface area contributed by atoms with E-state index >= 15 is 0 Å². The van der Waals surface area contributed by atoms with Gasteiger partial charge >= 0.3 is 6.09 Å². The quantitative estimate of drug-likeness (QED) is 0.644. The number of likely N-dealkylation sites (tertiary alicyclic amines) is 1. The molecule has 0 aromatic rings. The molecule has 1 N–H and O–H groups in total. The van der Waals surface area contributed by atoms with Crippen molar-refractivity contribution < 1.29 is 14.6 Å². The first-order valence-corrected chi connectivity index (χ1v) is 4.74. The van der Waals surface area contributed by atoms with Gasteiger partial charge in [-0.05, 0) is 20.3 Å². The molecule has 1 aliphatic heterocycles. The van der Waals surface area contributed by atoms with Crippen molar-refractivity contribution in [3.05, 3.63) is 11.6 Å². The van der Waals surface area contributed by atoms with Gasteiger partial charge in [0.15, 0.2) is 0 Å². The highest BCUT2D eigenvalue weighted by Gasteiger charge is 2.34. The van der Waals surface area contributed by atoms with Gasteiger partial charge < -0.3 is 9.84 Å². The maximum atomic E-state index is 11.3. The average Bonchev–Trinajstić information content (AvgIpc) is 2.46. The molecule has 80 valence electrons. The van der Waals surface area contributed by atoms with E-state index in [-0.39, 0.29) is 12.1 Å². The van der Waals surface area contributed by atoms with Crippen LogP contribution in [0.5, 0.6) is 0 Å². The summed E-state index contributed by atoms with van der Waals surface area (Å²) in [6.07, 6.45) is 1.67. The normalized spacial score (nSPS) is 26.1. The number of methoxy groups -OCH3 is 1. The molecule has 0 spiro atoms. The molecule has 1 rings (SSSR count). The largest absolute Gasteiger partial charge is 0.453 e. The highest BCUT2D eigenvalue weighted by molar-refractivity contribution is 5.68. The fraction of sp³-hybridized carbons (Fsp3) is 0.700. The third-order valence-corrected chi connectivity index (χ3v) is 2.33. The number of carbonyl (C=O) groups is 1. The van der Waals surface area contributed by atoms with E-state index in [1.165, 1.54) is 7.11 Å². The molecule has 1 amide bonds. The van der Waals surface area contributed by atoms with Gasteiger partial charge in [0.1, 0.15) is 0 Å². The van der Waals surface area contributed by atoms with Crippen molar-refractivity contribution in [3.8, 4) is 0 Å². The van der Waals surface area contributed by atoms with Crippen molar-refractivity contribution in [2.45, 2.75) is 32.4 Å². The third kappa shape index (κ3) is 2.26. The molecule has 0 bridgehead atoms. The number of amides is 1. The summed E-state index contributed by atoms with van der Waals surface area (Å²) in [5.41, 5.74) is 1.09. The number of hydrogen-bond acceptors (Lipinski definition) is 3. The van der Waals surface area contributed by atoms with Gasteiger partial charge in [0, 0.05) is 6.54 Å². The summed E-state index contributed by atoms with van der Waals surface area (Å²) in [6.45, 7) is 4.45. The Morgan fingerprint density at radius 1 is 1.57 bits per heavy atom. The van der Waals surface area contributed by atoms with E-state index in [2.05, 4.69) is 4.74 Å². The Hall–Kier alpha value is -1.03. The van der Waals surface area contributed by atoms with E-state index in [4.69, 9.17) is 0 Å². The van der Waals surface area contributed by atoms with Gasteiger partial charge in [0.2, 0.25) is 0 Å². The first-order valence-electron chi connectivity index (χ1n) is 4.74. The summed E-state index contributed by atoms with van der Waals surface area (Å²) in [5, 5.41) is 9.66. The number of ether oxygens (including phenoxy) is 1. The molecular weight excluding hydrogens is 182 g/mol. The Bertz CT molecular complexity index is 246. The van der Waals surface area contributed by atoms with Crippen LogP contribution < -0.4 is 0 Å². The highest BCUT2D eigenvalue weighted by Crippen LogP contribution is 2.20. The Morgan fingerprint density at radius 2 is 2.21 bits per heavy atom. The van der Waals surface area contributed by atoms with Crippen LogP contribution >= 0.6 is 0 Å². The van der Waals surface area contributed by atoms with E-state index in [1.807, 2.05) is 19.9 Å². The molecule has 4 nitrogen and oxygen atoms in total. The van der Waals surface area contributed by atoms with Crippen molar-refractivity contribution >= 4 is 6.09 Å². The Morgan fingerprint density at radius 3 is 2.71 bits per heavy atom. The molecule has 0 aromatic carbocycles. The van der Waals surface area contributed by atoms with E-state index in [1.54, 1.807) is 4.90 Å². The molecule has 0 saturated carbocycles. The molecular formula is C10H17NO3. The van der Waals surface area contributed by atoms with Crippen LogP contribution in [0.15, 0.2) is 11.6 Å². The third-order valence-electron chi connectivity index (χ3n) is 2.33. The van der Waals surface area contributed by atoms with Crippen molar-refractivity contribution in [3.63, 3.8) is 0 Å². The Kier molecular flexibility index (Phi) is 3.52. The van der Waals surface area contributed by atoms with Crippen LogP contribution in [0.4, 0.5) is 4.79 Å². The molecule has 0 aliphatic carbocycles. The smallest absolute Gasteiger partial charge is 0.410 e. The molecule has 2 unspecified atom stereocenters. The van der Waals surface area contributed by atoms with Crippen molar-refractivity contribution in [1.82, 2.24) is 4.90 Å². The highest BCUT2D eigenvalue weighted by atomic mass is 16.5. The van der Waals surface area contributed by atoms with Crippen LogP contribution in [-0.4, -0.2) is 41.9 Å². The molecule has 2 atom stereocenters. The average molecular weight is 199 g/mol. The van der Waals surface area contributed by atoms with Crippen LogP contribution in [-0.2, 0) is 4.74 Å². The second kappa shape index (κ2) is 4.46. The Labute approximate surface area is 84.2 Å². The maximum absolute atomic E-state index is 11.3. The van der Waals surface area contributed by atoms with E-state index in [0.29, 0.717) is 13.0 Å². The lowest BCUT2D eigenvalue weighted by Crippen LogP contribution is -2.38. The summed E-state index contributed by atoms with van der Waals surface area (Å²) >= 11 is 0. The van der Waals surface area contributed by atoms with Crippen LogP contribution in [0.3, 0.4) is 0 Å². The van der Waals surface area contributed by atoms with Crippen molar-refractivity contribution in [1.29, 1.82) is 0 Å². The van der Waals surface area contributed by atoms with Gasteiger partial charge in [-0.3, -0.25) is 4.90 Å². The molecule has 1 heterocycles. The maximum Gasteiger partial charge on any atom is 0.410 e. The molecule has 1 fully saturated rings. The molecule has 4 heteroatoms. The summed E-state index contributed by atoms with van der Waals surface area (Å²) in [7, 11) is 1.35. The van der Waals surface area contributed by atoms with Crippen LogP contribution in [0.1, 0.15) is 20.3 Å². The zero-order chi connectivity index (χ0) is 10.7. The lowest BCUT2D eigenvalue weighted by molar-refractivity contribution is 0.104. The number of nitrogens with zero attached hydrogens (tertiary/aromatic N) is 1. The molecule has 0 aromatic heterocycles. The minimum atomic E-state index is -0.469. The first kappa shape index (κ1) is 11.0. The van der Waals surface area contributed by atoms with Crippen LogP contribution in [0.2, 0.25) is 0 Å². The van der Waals surface area contributed by atoms with Gasteiger partial charge in [-0.25, -0.2) is 4.79 Å². The predicted octanol–water partition coefficient (Wildman–Crippen LogP) is 1.15. The van der Waals surface area contributed by atoms with E-state index in [9.17, 15) is 9.90 Å². The zero-order valence-corrected chi connectivity index (χ0v) is 8.86. The fourth-order valence-corrected chi connectivity index (χ4v) is 1.67. The lowest BCUT2D eigenvalue weighted by atomic mass is 10.1. The number of hydrogen-bond donors (Lipinski definition) is 1. The first-order chi connectivity index (χ1) is 6.56. The standard InChI is InChI=1S/C10H17NO3/c1-7(2)6-8-9(12)4-5-11(8)10(13)14-3/h6,8-9,12H,4-5H2,1-3H3. The predicted molar refractivity (Wildman–Crippen MR) is 53.0 cm³/mol. The summed E-state index contributed by atoms with van der Waals surface area (Å²) in [5.74, 6) is 0. The number of allylic oxidation sites excluding steroid dienone is 1. The Balaban J connectivity index is 2.76.